The molecule has 4 heteroatoms. The summed E-state index contributed by atoms with van der Waals surface area (Å²) in [6.07, 6.45) is 5.09. The number of nitrogens with one attached hydrogen (secondary N) is 1. The van der Waals surface area contributed by atoms with Gasteiger partial charge in [0.05, 0.1) is 11.6 Å². The van der Waals surface area contributed by atoms with E-state index in [1.807, 2.05) is 43.3 Å². The van der Waals surface area contributed by atoms with Crippen LogP contribution in [0.5, 0.6) is 0 Å². The highest BCUT2D eigenvalue weighted by Crippen LogP contribution is 2.33. The molecule has 0 fully saturated rings. The molecule has 31 heavy (non-hydrogen) atoms. The maximum Gasteiger partial charge on any atom is 0.162 e. The first-order valence-electron chi connectivity index (χ1n) is 10.7. The van der Waals surface area contributed by atoms with Gasteiger partial charge in [0, 0.05) is 16.5 Å². The first-order valence-corrected chi connectivity index (χ1v) is 10.7. The SMILES string of the molecule is C/C=C/c1ccccc1-c1nc(NC2=NC(CC)c3ccccc32)c2ccccc2n1. The second-order valence-corrected chi connectivity index (χ2v) is 7.61. The fraction of sp³-hybridized carbons (Fsp3) is 0.148. The average molecular weight is 405 g/mol. The largest absolute Gasteiger partial charge is 0.324 e. The molecule has 0 saturated heterocycles. The number of hydrogen-bond acceptors (Lipinski definition) is 4. The fourth-order valence-corrected chi connectivity index (χ4v) is 4.14. The zero-order chi connectivity index (χ0) is 21.2. The van der Waals surface area contributed by atoms with Crippen molar-refractivity contribution in [2.45, 2.75) is 26.3 Å². The lowest BCUT2D eigenvalue weighted by Crippen LogP contribution is -2.13. The van der Waals surface area contributed by atoms with Crippen molar-refractivity contribution in [1.29, 1.82) is 0 Å². The lowest BCUT2D eigenvalue weighted by atomic mass is 10.0. The van der Waals surface area contributed by atoms with Crippen LogP contribution in [-0.4, -0.2) is 15.8 Å². The third-order valence-corrected chi connectivity index (χ3v) is 5.63. The maximum absolute atomic E-state index is 4.96. The molecule has 1 aliphatic rings. The Balaban J connectivity index is 1.65. The van der Waals surface area contributed by atoms with Gasteiger partial charge in [-0.05, 0) is 36.6 Å². The molecule has 0 saturated carbocycles. The van der Waals surface area contributed by atoms with Crippen LogP contribution < -0.4 is 5.32 Å². The number of para-hydroxylation sites is 1. The normalized spacial score (nSPS) is 15.3. The number of fused-ring (bicyclic) bond motifs is 2. The second-order valence-electron chi connectivity index (χ2n) is 7.61. The number of aromatic nitrogens is 2. The van der Waals surface area contributed by atoms with Crippen molar-refractivity contribution in [2.75, 3.05) is 5.32 Å². The van der Waals surface area contributed by atoms with Crippen molar-refractivity contribution in [2.24, 2.45) is 4.99 Å². The summed E-state index contributed by atoms with van der Waals surface area (Å²) in [6.45, 7) is 4.19. The van der Waals surface area contributed by atoms with Gasteiger partial charge in [-0.2, -0.15) is 0 Å². The molecule has 0 amide bonds. The smallest absolute Gasteiger partial charge is 0.162 e. The summed E-state index contributed by atoms with van der Waals surface area (Å²) < 4.78 is 0. The van der Waals surface area contributed by atoms with Gasteiger partial charge in [-0.1, -0.05) is 79.7 Å². The van der Waals surface area contributed by atoms with Crippen LogP contribution in [0.1, 0.15) is 43.0 Å². The number of anilines is 1. The van der Waals surface area contributed by atoms with Gasteiger partial charge in [-0.3, -0.25) is 4.99 Å². The van der Waals surface area contributed by atoms with E-state index < -0.39 is 0 Å². The fourth-order valence-electron chi connectivity index (χ4n) is 4.14. The molecule has 0 aliphatic carbocycles. The molecule has 1 N–H and O–H groups in total. The Hall–Kier alpha value is -3.79. The third kappa shape index (κ3) is 3.50. The molecule has 5 rings (SSSR count). The number of hydrogen-bond donors (Lipinski definition) is 1. The summed E-state index contributed by atoms with van der Waals surface area (Å²) in [4.78, 5) is 14.8. The van der Waals surface area contributed by atoms with Crippen LogP contribution in [0.15, 0.2) is 83.9 Å². The third-order valence-electron chi connectivity index (χ3n) is 5.63. The number of benzene rings is 3. The summed E-state index contributed by atoms with van der Waals surface area (Å²) in [5.74, 6) is 2.36. The molecule has 1 atom stereocenters. The van der Waals surface area contributed by atoms with Crippen molar-refractivity contribution in [3.05, 3.63) is 95.6 Å². The predicted molar refractivity (Wildman–Crippen MR) is 129 cm³/mol. The molecule has 1 aliphatic heterocycles. The Morgan fingerprint density at radius 3 is 2.45 bits per heavy atom. The van der Waals surface area contributed by atoms with E-state index in [1.165, 1.54) is 5.56 Å². The molecule has 152 valence electrons. The van der Waals surface area contributed by atoms with Gasteiger partial charge in [0.15, 0.2) is 5.82 Å². The van der Waals surface area contributed by atoms with Gasteiger partial charge < -0.3 is 5.32 Å². The van der Waals surface area contributed by atoms with Gasteiger partial charge >= 0.3 is 0 Å². The highest BCUT2D eigenvalue weighted by atomic mass is 15.1. The van der Waals surface area contributed by atoms with E-state index in [1.54, 1.807) is 0 Å². The number of nitrogens with zero attached hydrogens (tertiary/aromatic N) is 3. The summed E-state index contributed by atoms with van der Waals surface area (Å²) in [6, 6.07) is 24.9. The van der Waals surface area contributed by atoms with E-state index in [0.29, 0.717) is 5.82 Å². The van der Waals surface area contributed by atoms with E-state index in [-0.39, 0.29) is 6.04 Å². The topological polar surface area (TPSA) is 50.2 Å². The lowest BCUT2D eigenvalue weighted by molar-refractivity contribution is 0.716. The van der Waals surface area contributed by atoms with E-state index in [0.717, 1.165) is 45.7 Å². The highest BCUT2D eigenvalue weighted by Gasteiger charge is 2.24. The van der Waals surface area contributed by atoms with Crippen molar-refractivity contribution in [3.8, 4) is 11.4 Å². The quantitative estimate of drug-likeness (QED) is 0.414. The van der Waals surface area contributed by atoms with Gasteiger partial charge in [-0.15, -0.1) is 0 Å². The van der Waals surface area contributed by atoms with Crippen molar-refractivity contribution >= 4 is 28.6 Å². The predicted octanol–water partition coefficient (Wildman–Crippen LogP) is 6.65. The molecule has 0 bridgehead atoms. The summed E-state index contributed by atoms with van der Waals surface area (Å²) in [5.41, 5.74) is 5.43. The van der Waals surface area contributed by atoms with Crippen molar-refractivity contribution in [1.82, 2.24) is 9.97 Å². The molecule has 4 nitrogen and oxygen atoms in total. The molecular weight excluding hydrogens is 380 g/mol. The molecule has 2 heterocycles. The minimum absolute atomic E-state index is 0.182. The first-order chi connectivity index (χ1) is 15.3. The van der Waals surface area contributed by atoms with Gasteiger partial charge in [0.2, 0.25) is 0 Å². The maximum atomic E-state index is 4.96. The van der Waals surface area contributed by atoms with Gasteiger partial charge in [0.25, 0.3) is 0 Å². The van der Waals surface area contributed by atoms with E-state index in [2.05, 4.69) is 60.8 Å². The average Bonchev–Trinajstić information content (AvgIpc) is 3.17. The van der Waals surface area contributed by atoms with Gasteiger partial charge in [-0.25, -0.2) is 9.97 Å². The molecule has 4 aromatic rings. The molecular formula is C27H24N4. The molecule has 3 aromatic carbocycles. The Morgan fingerprint density at radius 2 is 1.61 bits per heavy atom. The number of aliphatic imine (C=N–C) groups is 1. The van der Waals surface area contributed by atoms with Gasteiger partial charge in [0.1, 0.15) is 11.7 Å². The number of rotatable bonds is 4. The summed E-state index contributed by atoms with van der Waals surface area (Å²) in [5, 5.41) is 4.53. The molecule has 1 unspecified atom stereocenters. The number of allylic oxidation sites excluding steroid dienone is 1. The molecule has 1 aromatic heterocycles. The van der Waals surface area contributed by atoms with Crippen molar-refractivity contribution in [3.63, 3.8) is 0 Å². The van der Waals surface area contributed by atoms with E-state index in [9.17, 15) is 0 Å². The Labute approximate surface area is 182 Å². The molecule has 0 spiro atoms. The van der Waals surface area contributed by atoms with Crippen LogP contribution in [0, 0.1) is 0 Å². The van der Waals surface area contributed by atoms with Crippen LogP contribution >= 0.6 is 0 Å². The molecule has 0 radical (unpaired) electrons. The Bertz CT molecular complexity index is 1320. The minimum atomic E-state index is 0.182. The zero-order valence-electron chi connectivity index (χ0n) is 17.7. The highest BCUT2D eigenvalue weighted by molar-refractivity contribution is 6.13. The number of amidine groups is 1. The second kappa shape index (κ2) is 8.15. The Morgan fingerprint density at radius 1 is 0.871 bits per heavy atom. The van der Waals surface area contributed by atoms with Crippen LogP contribution in [0.3, 0.4) is 0 Å². The zero-order valence-corrected chi connectivity index (χ0v) is 17.7. The first kappa shape index (κ1) is 19.2. The summed E-state index contributed by atoms with van der Waals surface area (Å²) in [7, 11) is 0. The van der Waals surface area contributed by atoms with Crippen LogP contribution in [-0.2, 0) is 0 Å². The monoisotopic (exact) mass is 404 g/mol. The van der Waals surface area contributed by atoms with Crippen LogP contribution in [0.4, 0.5) is 5.82 Å². The van der Waals surface area contributed by atoms with Crippen molar-refractivity contribution < 1.29 is 0 Å². The van der Waals surface area contributed by atoms with E-state index >= 15 is 0 Å². The lowest BCUT2D eigenvalue weighted by Gasteiger charge is -2.13. The van der Waals surface area contributed by atoms with Crippen LogP contribution in [0.25, 0.3) is 28.4 Å². The van der Waals surface area contributed by atoms with Crippen LogP contribution in [0.2, 0.25) is 0 Å². The summed E-state index contributed by atoms with van der Waals surface area (Å²) >= 11 is 0. The van der Waals surface area contributed by atoms with E-state index in [4.69, 9.17) is 15.0 Å². The standard InChI is InChI=1S/C27H24N4/c1-3-11-18-12-5-6-13-19(18)25-29-24-17-10-9-16-22(24)27(30-25)31-26-21-15-8-7-14-20(21)23(4-2)28-26/h3,5-17,23H,4H2,1-2H3,(H,28,29,30,31)/b11-3+. The Kier molecular flexibility index (Phi) is 5.04. The minimum Gasteiger partial charge on any atom is -0.324 e.